The third kappa shape index (κ3) is 3.43. The van der Waals surface area contributed by atoms with Gasteiger partial charge in [0.1, 0.15) is 0 Å². The third-order valence-corrected chi connectivity index (χ3v) is 4.80. The highest BCUT2D eigenvalue weighted by Crippen LogP contribution is 2.23. The molecule has 0 aromatic heterocycles. The van der Waals surface area contributed by atoms with Crippen LogP contribution in [0.5, 0.6) is 0 Å². The summed E-state index contributed by atoms with van der Waals surface area (Å²) in [4.78, 5) is 0. The Bertz CT molecular complexity index is 274. The molecular weight excluding hydrogens is 214 g/mol. The zero-order chi connectivity index (χ0) is 11.3. The number of hydrogen-bond acceptors (Lipinski definition) is 3. The van der Waals surface area contributed by atoms with Crippen LogP contribution in [0.25, 0.3) is 0 Å². The maximum absolute atomic E-state index is 11.8. The van der Waals surface area contributed by atoms with Crippen LogP contribution in [0.2, 0.25) is 0 Å². The van der Waals surface area contributed by atoms with Crippen molar-refractivity contribution in [3.05, 3.63) is 0 Å². The lowest BCUT2D eigenvalue weighted by Crippen LogP contribution is -2.45. The zero-order valence-corrected chi connectivity index (χ0v) is 10.2. The first-order valence-corrected chi connectivity index (χ1v) is 7.33. The van der Waals surface area contributed by atoms with E-state index in [-0.39, 0.29) is 18.4 Å². The Morgan fingerprint density at radius 1 is 1.40 bits per heavy atom. The SMILES string of the molecule is CCCC1CCCCN1S(=O)(=O)CCO. The van der Waals surface area contributed by atoms with Gasteiger partial charge in [0, 0.05) is 12.6 Å². The monoisotopic (exact) mass is 235 g/mol. The molecule has 0 aliphatic carbocycles. The Hall–Kier alpha value is -0.130. The molecule has 0 aromatic rings. The van der Waals surface area contributed by atoms with Gasteiger partial charge >= 0.3 is 0 Å². The van der Waals surface area contributed by atoms with Crippen molar-refractivity contribution < 1.29 is 13.5 Å². The van der Waals surface area contributed by atoms with Crippen LogP contribution in [0.1, 0.15) is 39.0 Å². The van der Waals surface area contributed by atoms with E-state index in [4.69, 9.17) is 5.11 Å². The molecule has 1 rings (SSSR count). The Kier molecular flexibility index (Phi) is 5.02. The van der Waals surface area contributed by atoms with Crippen LogP contribution < -0.4 is 0 Å². The number of aliphatic hydroxyl groups excluding tert-OH is 1. The lowest BCUT2D eigenvalue weighted by atomic mass is 10.0. The van der Waals surface area contributed by atoms with Crippen molar-refractivity contribution >= 4 is 10.0 Å². The highest BCUT2D eigenvalue weighted by molar-refractivity contribution is 7.89. The summed E-state index contributed by atoms with van der Waals surface area (Å²) < 4.78 is 25.3. The highest BCUT2D eigenvalue weighted by atomic mass is 32.2. The normalized spacial score (nSPS) is 24.3. The van der Waals surface area contributed by atoms with E-state index < -0.39 is 10.0 Å². The molecule has 0 saturated carbocycles. The Morgan fingerprint density at radius 3 is 2.73 bits per heavy atom. The summed E-state index contributed by atoms with van der Waals surface area (Å²) >= 11 is 0. The molecule has 1 aliphatic rings. The molecule has 1 heterocycles. The quantitative estimate of drug-likeness (QED) is 0.772. The maximum Gasteiger partial charge on any atom is 0.216 e. The first kappa shape index (κ1) is 12.9. The van der Waals surface area contributed by atoms with E-state index in [2.05, 4.69) is 6.92 Å². The van der Waals surface area contributed by atoms with E-state index in [9.17, 15) is 8.42 Å². The predicted octanol–water partition coefficient (Wildman–Crippen LogP) is 0.963. The van der Waals surface area contributed by atoms with Crippen LogP contribution in [-0.2, 0) is 10.0 Å². The molecule has 5 heteroatoms. The lowest BCUT2D eigenvalue weighted by molar-refractivity contribution is 0.236. The van der Waals surface area contributed by atoms with E-state index >= 15 is 0 Å². The van der Waals surface area contributed by atoms with Crippen LogP contribution in [0, 0.1) is 0 Å². The minimum absolute atomic E-state index is 0.132. The summed E-state index contributed by atoms with van der Waals surface area (Å²) in [6.07, 6.45) is 4.99. The van der Waals surface area contributed by atoms with Crippen molar-refractivity contribution in [2.75, 3.05) is 18.9 Å². The molecule has 1 fully saturated rings. The summed E-state index contributed by atoms with van der Waals surface area (Å²) in [6.45, 7) is 2.43. The number of aliphatic hydroxyl groups is 1. The molecule has 90 valence electrons. The fourth-order valence-corrected chi connectivity index (χ4v) is 3.73. The second-order valence-electron chi connectivity index (χ2n) is 4.09. The standard InChI is InChI=1S/C10H21NO3S/c1-2-5-10-6-3-4-7-11(10)15(13,14)9-8-12/h10,12H,2-9H2,1H3. The summed E-state index contributed by atoms with van der Waals surface area (Å²) in [5, 5.41) is 8.74. The maximum atomic E-state index is 11.8. The number of sulfonamides is 1. The predicted molar refractivity (Wildman–Crippen MR) is 60.1 cm³/mol. The van der Waals surface area contributed by atoms with Gasteiger partial charge in [0.15, 0.2) is 0 Å². The zero-order valence-electron chi connectivity index (χ0n) is 9.35. The highest BCUT2D eigenvalue weighted by Gasteiger charge is 2.30. The summed E-state index contributed by atoms with van der Waals surface area (Å²) in [5.41, 5.74) is 0. The van der Waals surface area contributed by atoms with Gasteiger partial charge in [-0.1, -0.05) is 19.8 Å². The smallest absolute Gasteiger partial charge is 0.216 e. The van der Waals surface area contributed by atoms with Crippen LogP contribution in [0.3, 0.4) is 0 Å². The molecule has 0 amide bonds. The fourth-order valence-electron chi connectivity index (χ4n) is 2.19. The summed E-state index contributed by atoms with van der Waals surface area (Å²) in [7, 11) is -3.22. The molecule has 1 atom stereocenters. The minimum Gasteiger partial charge on any atom is -0.395 e. The van der Waals surface area contributed by atoms with Crippen molar-refractivity contribution in [2.24, 2.45) is 0 Å². The van der Waals surface area contributed by atoms with Crippen LogP contribution in [0.15, 0.2) is 0 Å². The molecule has 4 nitrogen and oxygen atoms in total. The van der Waals surface area contributed by atoms with Crippen molar-refractivity contribution in [3.63, 3.8) is 0 Å². The largest absolute Gasteiger partial charge is 0.395 e. The number of rotatable bonds is 5. The molecule has 15 heavy (non-hydrogen) atoms. The Morgan fingerprint density at radius 2 is 2.13 bits per heavy atom. The van der Waals surface area contributed by atoms with Gasteiger partial charge in [-0.3, -0.25) is 0 Å². The van der Waals surface area contributed by atoms with E-state index in [1.54, 1.807) is 4.31 Å². The van der Waals surface area contributed by atoms with E-state index in [1.165, 1.54) is 0 Å². The van der Waals surface area contributed by atoms with Crippen molar-refractivity contribution in [3.8, 4) is 0 Å². The molecule has 0 bridgehead atoms. The van der Waals surface area contributed by atoms with E-state index in [1.807, 2.05) is 0 Å². The van der Waals surface area contributed by atoms with Gasteiger partial charge in [-0.25, -0.2) is 8.42 Å². The van der Waals surface area contributed by atoms with Crippen molar-refractivity contribution in [1.82, 2.24) is 4.31 Å². The second-order valence-corrected chi connectivity index (χ2v) is 6.13. The van der Waals surface area contributed by atoms with Gasteiger partial charge in [0.2, 0.25) is 10.0 Å². The summed E-state index contributed by atoms with van der Waals surface area (Å²) in [6, 6.07) is 0.167. The van der Waals surface area contributed by atoms with Crippen LogP contribution in [0.4, 0.5) is 0 Å². The average molecular weight is 235 g/mol. The van der Waals surface area contributed by atoms with Gasteiger partial charge in [-0.2, -0.15) is 4.31 Å². The molecule has 1 saturated heterocycles. The first-order chi connectivity index (χ1) is 7.11. The first-order valence-electron chi connectivity index (χ1n) is 5.72. The van der Waals surface area contributed by atoms with Gasteiger partial charge in [-0.05, 0) is 19.3 Å². The van der Waals surface area contributed by atoms with Gasteiger partial charge in [-0.15, -0.1) is 0 Å². The molecule has 1 unspecified atom stereocenters. The minimum atomic E-state index is -3.22. The molecule has 0 spiro atoms. The average Bonchev–Trinajstić information content (AvgIpc) is 2.19. The van der Waals surface area contributed by atoms with Crippen LogP contribution in [-0.4, -0.2) is 42.8 Å². The molecule has 1 N–H and O–H groups in total. The number of hydrogen-bond donors (Lipinski definition) is 1. The molecule has 0 aromatic carbocycles. The third-order valence-electron chi connectivity index (χ3n) is 2.90. The second kappa shape index (κ2) is 5.82. The van der Waals surface area contributed by atoms with E-state index in [0.717, 1.165) is 32.1 Å². The number of piperidine rings is 1. The molecule has 1 aliphatic heterocycles. The van der Waals surface area contributed by atoms with Gasteiger partial charge < -0.3 is 5.11 Å². The van der Waals surface area contributed by atoms with Crippen LogP contribution >= 0.6 is 0 Å². The summed E-state index contributed by atoms with van der Waals surface area (Å²) in [5.74, 6) is -0.132. The number of nitrogens with zero attached hydrogens (tertiary/aromatic N) is 1. The Labute approximate surface area is 92.3 Å². The lowest BCUT2D eigenvalue weighted by Gasteiger charge is -2.34. The van der Waals surface area contributed by atoms with Crippen molar-refractivity contribution in [1.29, 1.82) is 0 Å². The topological polar surface area (TPSA) is 57.6 Å². The Balaban J connectivity index is 2.70. The molecular formula is C10H21NO3S. The van der Waals surface area contributed by atoms with E-state index in [0.29, 0.717) is 6.54 Å². The fraction of sp³-hybridized carbons (Fsp3) is 1.00. The van der Waals surface area contributed by atoms with Crippen molar-refractivity contribution in [2.45, 2.75) is 45.1 Å². The molecule has 0 radical (unpaired) electrons. The van der Waals surface area contributed by atoms with Gasteiger partial charge in [0.25, 0.3) is 0 Å². The van der Waals surface area contributed by atoms with Gasteiger partial charge in [0.05, 0.1) is 12.4 Å².